The number of aromatic nitrogens is 1. The standard InChI is InChI=1S/C17H21N3/c1-12-7-5-6-8-17(12)13(2)19-11-15-9-16(10-18)20(4)14(15)3/h5-9,13,19H,11H2,1-4H3/t13-/m1/s1. The lowest BCUT2D eigenvalue weighted by Gasteiger charge is -2.16. The smallest absolute Gasteiger partial charge is 0.120 e. The van der Waals surface area contributed by atoms with Crippen molar-refractivity contribution in [1.29, 1.82) is 5.26 Å². The summed E-state index contributed by atoms with van der Waals surface area (Å²) in [6, 6.07) is 12.9. The largest absolute Gasteiger partial charge is 0.340 e. The van der Waals surface area contributed by atoms with Gasteiger partial charge in [-0.15, -0.1) is 0 Å². The minimum Gasteiger partial charge on any atom is -0.340 e. The molecule has 0 saturated heterocycles. The van der Waals surface area contributed by atoms with Gasteiger partial charge in [-0.1, -0.05) is 24.3 Å². The van der Waals surface area contributed by atoms with Crippen LogP contribution < -0.4 is 5.32 Å². The fourth-order valence-corrected chi connectivity index (χ4v) is 2.49. The number of benzene rings is 1. The highest BCUT2D eigenvalue weighted by molar-refractivity contribution is 5.34. The van der Waals surface area contributed by atoms with Crippen LogP contribution in [0.5, 0.6) is 0 Å². The van der Waals surface area contributed by atoms with Crippen LogP contribution in [0.1, 0.15) is 41.0 Å². The zero-order valence-electron chi connectivity index (χ0n) is 12.6. The molecule has 3 heteroatoms. The van der Waals surface area contributed by atoms with Crippen LogP contribution in [-0.4, -0.2) is 4.57 Å². The second-order valence-corrected chi connectivity index (χ2v) is 5.27. The SMILES string of the molecule is Cc1ccccc1[C@@H](C)NCc1cc(C#N)n(C)c1C. The molecule has 1 N–H and O–H groups in total. The molecular weight excluding hydrogens is 246 g/mol. The third kappa shape index (κ3) is 2.76. The van der Waals surface area contributed by atoms with Crippen molar-refractivity contribution in [2.45, 2.75) is 33.4 Å². The number of nitrogens with zero attached hydrogens (tertiary/aromatic N) is 2. The summed E-state index contributed by atoms with van der Waals surface area (Å²) in [5.41, 5.74) is 5.66. The van der Waals surface area contributed by atoms with Crippen LogP contribution in [0.15, 0.2) is 30.3 Å². The van der Waals surface area contributed by atoms with Crippen LogP contribution in [0.2, 0.25) is 0 Å². The van der Waals surface area contributed by atoms with Crippen LogP contribution in [0.4, 0.5) is 0 Å². The third-order valence-electron chi connectivity index (χ3n) is 4.01. The number of aryl methyl sites for hydroxylation is 1. The first-order valence-electron chi connectivity index (χ1n) is 6.88. The predicted octanol–water partition coefficient (Wildman–Crippen LogP) is 3.36. The molecule has 2 aromatic rings. The lowest BCUT2D eigenvalue weighted by molar-refractivity contribution is 0.570. The van der Waals surface area contributed by atoms with Crippen molar-refractivity contribution < 1.29 is 0 Å². The molecular formula is C17H21N3. The van der Waals surface area contributed by atoms with Crippen molar-refractivity contribution in [2.24, 2.45) is 7.05 Å². The maximum absolute atomic E-state index is 9.06. The highest BCUT2D eigenvalue weighted by Crippen LogP contribution is 2.19. The van der Waals surface area contributed by atoms with E-state index in [1.807, 2.05) is 17.7 Å². The summed E-state index contributed by atoms with van der Waals surface area (Å²) in [6.45, 7) is 7.13. The van der Waals surface area contributed by atoms with E-state index >= 15 is 0 Å². The first-order valence-corrected chi connectivity index (χ1v) is 6.88. The molecule has 0 bridgehead atoms. The van der Waals surface area contributed by atoms with E-state index in [4.69, 9.17) is 5.26 Å². The summed E-state index contributed by atoms with van der Waals surface area (Å²) in [5, 5.41) is 12.6. The maximum Gasteiger partial charge on any atom is 0.120 e. The fraction of sp³-hybridized carbons (Fsp3) is 0.353. The molecule has 0 aliphatic rings. The molecule has 1 heterocycles. The molecule has 1 aromatic heterocycles. The summed E-state index contributed by atoms with van der Waals surface area (Å²) in [5.74, 6) is 0. The van der Waals surface area contributed by atoms with Gasteiger partial charge in [0.25, 0.3) is 0 Å². The molecule has 0 saturated carbocycles. The van der Waals surface area contributed by atoms with Crippen molar-refractivity contribution in [2.75, 3.05) is 0 Å². The molecule has 3 nitrogen and oxygen atoms in total. The zero-order chi connectivity index (χ0) is 14.7. The van der Waals surface area contributed by atoms with Crippen LogP contribution in [0, 0.1) is 25.2 Å². The highest BCUT2D eigenvalue weighted by atomic mass is 15.0. The Morgan fingerprint density at radius 2 is 2.00 bits per heavy atom. The van der Waals surface area contributed by atoms with Gasteiger partial charge in [0.05, 0.1) is 0 Å². The average molecular weight is 267 g/mol. The summed E-state index contributed by atoms with van der Waals surface area (Å²) in [7, 11) is 1.93. The second kappa shape index (κ2) is 5.94. The Hall–Kier alpha value is -2.05. The fourth-order valence-electron chi connectivity index (χ4n) is 2.49. The molecule has 0 unspecified atom stereocenters. The van der Waals surface area contributed by atoms with E-state index in [-0.39, 0.29) is 0 Å². The Kier molecular flexibility index (Phi) is 4.26. The molecule has 1 atom stereocenters. The minimum absolute atomic E-state index is 0.293. The summed E-state index contributed by atoms with van der Waals surface area (Å²) < 4.78 is 1.94. The van der Waals surface area contributed by atoms with Gasteiger partial charge in [-0.25, -0.2) is 0 Å². The molecule has 0 fully saturated rings. The predicted molar refractivity (Wildman–Crippen MR) is 81.3 cm³/mol. The van der Waals surface area contributed by atoms with Gasteiger partial charge in [-0.05, 0) is 43.5 Å². The topological polar surface area (TPSA) is 40.8 Å². The van der Waals surface area contributed by atoms with E-state index in [1.54, 1.807) is 0 Å². The van der Waals surface area contributed by atoms with Gasteiger partial charge >= 0.3 is 0 Å². The van der Waals surface area contributed by atoms with Crippen molar-refractivity contribution in [3.8, 4) is 6.07 Å². The molecule has 20 heavy (non-hydrogen) atoms. The number of hydrogen-bond donors (Lipinski definition) is 1. The Morgan fingerprint density at radius 1 is 1.30 bits per heavy atom. The summed E-state index contributed by atoms with van der Waals surface area (Å²) >= 11 is 0. The Bertz CT molecular complexity index is 647. The average Bonchev–Trinajstić information content (AvgIpc) is 2.72. The summed E-state index contributed by atoms with van der Waals surface area (Å²) in [6.07, 6.45) is 0. The molecule has 0 spiro atoms. The van der Waals surface area contributed by atoms with Crippen LogP contribution in [-0.2, 0) is 13.6 Å². The molecule has 104 valence electrons. The van der Waals surface area contributed by atoms with Gasteiger partial charge < -0.3 is 9.88 Å². The van der Waals surface area contributed by atoms with E-state index in [0.29, 0.717) is 11.7 Å². The van der Waals surface area contributed by atoms with E-state index < -0.39 is 0 Å². The molecule has 1 aromatic carbocycles. The van der Waals surface area contributed by atoms with E-state index in [2.05, 4.69) is 56.4 Å². The normalized spacial score (nSPS) is 12.2. The lowest BCUT2D eigenvalue weighted by Crippen LogP contribution is -2.19. The number of nitrogens with one attached hydrogen (secondary N) is 1. The van der Waals surface area contributed by atoms with Crippen molar-refractivity contribution in [1.82, 2.24) is 9.88 Å². The number of rotatable bonds is 4. The first kappa shape index (κ1) is 14.4. The van der Waals surface area contributed by atoms with Crippen LogP contribution in [0.3, 0.4) is 0 Å². The maximum atomic E-state index is 9.06. The number of hydrogen-bond acceptors (Lipinski definition) is 2. The van der Waals surface area contributed by atoms with Gasteiger partial charge in [0.2, 0.25) is 0 Å². The van der Waals surface area contributed by atoms with Crippen molar-refractivity contribution in [3.05, 3.63) is 58.4 Å². The van der Waals surface area contributed by atoms with Crippen LogP contribution in [0.25, 0.3) is 0 Å². The Labute approximate surface area is 120 Å². The monoisotopic (exact) mass is 267 g/mol. The number of nitriles is 1. The van der Waals surface area contributed by atoms with Crippen LogP contribution >= 0.6 is 0 Å². The van der Waals surface area contributed by atoms with Gasteiger partial charge in [-0.3, -0.25) is 0 Å². The van der Waals surface area contributed by atoms with E-state index in [9.17, 15) is 0 Å². The quantitative estimate of drug-likeness (QED) is 0.922. The molecule has 0 radical (unpaired) electrons. The van der Waals surface area contributed by atoms with E-state index in [0.717, 1.165) is 12.2 Å². The van der Waals surface area contributed by atoms with Crippen molar-refractivity contribution >= 4 is 0 Å². The zero-order valence-corrected chi connectivity index (χ0v) is 12.6. The highest BCUT2D eigenvalue weighted by Gasteiger charge is 2.11. The van der Waals surface area contributed by atoms with Gasteiger partial charge in [0, 0.05) is 25.3 Å². The Balaban J connectivity index is 2.10. The molecule has 0 aliphatic carbocycles. The third-order valence-corrected chi connectivity index (χ3v) is 4.01. The second-order valence-electron chi connectivity index (χ2n) is 5.27. The van der Waals surface area contributed by atoms with Gasteiger partial charge in [0.15, 0.2) is 0 Å². The van der Waals surface area contributed by atoms with E-state index in [1.165, 1.54) is 16.7 Å². The van der Waals surface area contributed by atoms with Crippen molar-refractivity contribution in [3.63, 3.8) is 0 Å². The minimum atomic E-state index is 0.293. The summed E-state index contributed by atoms with van der Waals surface area (Å²) in [4.78, 5) is 0. The molecule has 0 amide bonds. The van der Waals surface area contributed by atoms with Gasteiger partial charge in [0.1, 0.15) is 11.8 Å². The Morgan fingerprint density at radius 3 is 2.60 bits per heavy atom. The molecule has 2 rings (SSSR count). The van der Waals surface area contributed by atoms with Gasteiger partial charge in [-0.2, -0.15) is 5.26 Å². The first-order chi connectivity index (χ1) is 9.54. The molecule has 0 aliphatic heterocycles. The lowest BCUT2D eigenvalue weighted by atomic mass is 10.0.